The first-order chi connectivity index (χ1) is 12.8. The molecule has 2 fully saturated rings. The summed E-state index contributed by atoms with van der Waals surface area (Å²) >= 11 is 0. The maximum Gasteiger partial charge on any atom is 0.527 e. The fourth-order valence-electron chi connectivity index (χ4n) is 0.197. The van der Waals surface area contributed by atoms with Gasteiger partial charge >= 0.3 is 29.3 Å². The molecule has 2 aliphatic rings. The fourth-order valence-corrected chi connectivity index (χ4v) is 0.197. The second-order valence-corrected chi connectivity index (χ2v) is 4.43. The normalized spacial score (nSPS) is 14.4. The van der Waals surface area contributed by atoms with Crippen molar-refractivity contribution in [1.29, 1.82) is 0 Å². The third kappa shape index (κ3) is 100. The summed E-state index contributed by atoms with van der Waals surface area (Å²) in [6, 6.07) is 0. The SMILES string of the molecule is C1CO1.C1CO1.CF.FCC(F)(F)F.FCC(F)(F)OC(F)(F)F.O=S(=O)(F)F. The number of ether oxygens (including phenoxy) is 3. The third-order valence-corrected chi connectivity index (χ3v) is 0.980. The quantitative estimate of drug-likeness (QED) is 0.324. The van der Waals surface area contributed by atoms with Gasteiger partial charge in [-0.25, -0.2) is 13.5 Å². The Morgan fingerprint density at radius 2 is 0.966 bits per heavy atom. The molecule has 19 heteroatoms. The lowest BCUT2D eigenvalue weighted by Crippen LogP contribution is -2.31. The van der Waals surface area contributed by atoms with Crippen LogP contribution in [0.4, 0.5) is 56.1 Å². The van der Waals surface area contributed by atoms with Gasteiger partial charge in [-0.05, 0) is 0 Å². The lowest BCUT2D eigenvalue weighted by atomic mass is 10.7. The van der Waals surface area contributed by atoms with Crippen LogP contribution in [0, 0.1) is 0 Å². The molecule has 0 atom stereocenters. The van der Waals surface area contributed by atoms with Gasteiger partial charge in [0.15, 0.2) is 13.3 Å². The highest BCUT2D eigenvalue weighted by molar-refractivity contribution is 7.81. The third-order valence-electron chi connectivity index (χ3n) is 0.980. The van der Waals surface area contributed by atoms with Gasteiger partial charge in [0.25, 0.3) is 0 Å². The number of hydrogen-bond acceptors (Lipinski definition) is 5. The number of halogens is 13. The predicted octanol–water partition coefficient (Wildman–Crippen LogP) is 4.39. The largest absolute Gasteiger partial charge is 0.527 e. The van der Waals surface area contributed by atoms with Crippen LogP contribution in [-0.4, -0.2) is 74.0 Å². The Kier molecular flexibility index (Phi) is 21.6. The minimum absolute atomic E-state index is 0.500. The summed E-state index contributed by atoms with van der Waals surface area (Å²) in [6.07, 6.45) is -14.9. The molecule has 0 radical (unpaired) electrons. The first-order valence-electron chi connectivity index (χ1n) is 6.34. The van der Waals surface area contributed by atoms with Crippen molar-refractivity contribution in [3.8, 4) is 0 Å². The van der Waals surface area contributed by atoms with Gasteiger partial charge in [-0.3, -0.25) is 4.39 Å². The monoisotopic (exact) mass is 494 g/mol. The number of rotatable bonds is 2. The molecule has 0 aromatic rings. The summed E-state index contributed by atoms with van der Waals surface area (Å²) in [7, 11) is -5.17. The molecule has 2 aliphatic heterocycles. The van der Waals surface area contributed by atoms with Crippen LogP contribution in [0.2, 0.25) is 0 Å². The highest BCUT2D eigenvalue weighted by atomic mass is 32.3. The number of epoxide rings is 2. The van der Waals surface area contributed by atoms with E-state index in [1.807, 2.05) is 0 Å². The zero-order valence-corrected chi connectivity index (χ0v) is 14.9. The standard InChI is InChI=1S/C3H2F6O.C2H2F4.2C2H4O.CH3F.F2O2S/c4-1-2(5,6)10-3(7,8)9;3-1-2(4,5)6;2*1-2-3-1;1-2;1-5(2,3)4/h1H2;1H2;2*1-2H2;1H3;. The van der Waals surface area contributed by atoms with E-state index in [4.69, 9.17) is 8.42 Å². The molecular weight excluding hydrogens is 479 g/mol. The topological polar surface area (TPSA) is 68.4 Å². The molecule has 182 valence electrons. The van der Waals surface area contributed by atoms with Gasteiger partial charge < -0.3 is 9.47 Å². The molecule has 0 spiro atoms. The van der Waals surface area contributed by atoms with Gasteiger partial charge in [-0.15, -0.1) is 13.2 Å². The Labute approximate surface area is 156 Å². The van der Waals surface area contributed by atoms with E-state index in [1.54, 1.807) is 0 Å². The van der Waals surface area contributed by atoms with Crippen LogP contribution >= 0.6 is 0 Å². The zero-order chi connectivity index (χ0) is 24.4. The Morgan fingerprint density at radius 3 is 1.00 bits per heavy atom. The minimum Gasteiger partial charge on any atom is -0.377 e. The molecule has 0 N–H and O–H groups in total. The Bertz CT molecular complexity index is 428. The number of alkyl halides is 11. The van der Waals surface area contributed by atoms with Crippen LogP contribution in [0.25, 0.3) is 0 Å². The summed E-state index contributed by atoms with van der Waals surface area (Å²) in [5.41, 5.74) is 0. The lowest BCUT2D eigenvalue weighted by molar-refractivity contribution is -0.426. The zero-order valence-electron chi connectivity index (χ0n) is 14.1. The molecule has 5 nitrogen and oxygen atoms in total. The van der Waals surface area contributed by atoms with Gasteiger partial charge in [0, 0.05) is 0 Å². The smallest absolute Gasteiger partial charge is 0.377 e. The molecule has 2 saturated heterocycles. The van der Waals surface area contributed by atoms with E-state index < -0.39 is 42.6 Å². The van der Waals surface area contributed by atoms with Crippen LogP contribution in [0.1, 0.15) is 0 Å². The average molecular weight is 494 g/mol. The summed E-state index contributed by atoms with van der Waals surface area (Å²) < 4.78 is 165. The van der Waals surface area contributed by atoms with Crippen LogP contribution in [-0.2, 0) is 24.8 Å². The molecule has 2 heterocycles. The maximum atomic E-state index is 11.3. The first kappa shape index (κ1) is 35.4. The van der Waals surface area contributed by atoms with Crippen molar-refractivity contribution >= 4 is 10.6 Å². The van der Waals surface area contributed by atoms with Crippen molar-refractivity contribution in [2.75, 3.05) is 47.0 Å². The van der Waals surface area contributed by atoms with Crippen molar-refractivity contribution in [3.05, 3.63) is 0 Å². The minimum atomic E-state index is -5.67. The highest BCUT2D eigenvalue weighted by Crippen LogP contribution is 2.27. The Morgan fingerprint density at radius 1 is 0.759 bits per heavy atom. The molecule has 0 aromatic heterocycles. The van der Waals surface area contributed by atoms with Gasteiger partial charge in [0.1, 0.15) is 0 Å². The maximum absolute atomic E-state index is 11.3. The van der Waals surface area contributed by atoms with E-state index in [0.717, 1.165) is 26.4 Å². The Balaban J connectivity index is -0.000000141. The summed E-state index contributed by atoms with van der Waals surface area (Å²) in [5, 5.41) is 0. The molecule has 0 bridgehead atoms. The van der Waals surface area contributed by atoms with Crippen molar-refractivity contribution in [1.82, 2.24) is 0 Å². The molecule has 2 rings (SSSR count). The molecule has 29 heavy (non-hydrogen) atoms. The van der Waals surface area contributed by atoms with E-state index in [2.05, 4.69) is 14.2 Å². The Hall–Kier alpha value is -1.08. The highest BCUT2D eigenvalue weighted by Gasteiger charge is 2.44. The summed E-state index contributed by atoms with van der Waals surface area (Å²) in [4.78, 5) is 0. The van der Waals surface area contributed by atoms with E-state index in [0.29, 0.717) is 7.18 Å². The molecule has 0 aliphatic carbocycles. The second-order valence-electron chi connectivity index (χ2n) is 3.67. The molecule has 0 amide bonds. The van der Waals surface area contributed by atoms with E-state index >= 15 is 0 Å². The molecule has 0 unspecified atom stereocenters. The number of hydrogen-bond donors (Lipinski definition) is 0. The molecular formula is C10H15F13O5S. The van der Waals surface area contributed by atoms with Crippen LogP contribution in [0.5, 0.6) is 0 Å². The van der Waals surface area contributed by atoms with E-state index in [-0.39, 0.29) is 0 Å². The summed E-state index contributed by atoms with van der Waals surface area (Å²) in [5.74, 6) is 0. The first-order valence-corrected chi connectivity index (χ1v) is 7.62. The van der Waals surface area contributed by atoms with Crippen molar-refractivity contribution < 1.29 is 78.7 Å². The molecule has 0 saturated carbocycles. The summed E-state index contributed by atoms with van der Waals surface area (Å²) in [6.45, 7) is -0.723. The van der Waals surface area contributed by atoms with Crippen LogP contribution in [0.3, 0.4) is 0 Å². The van der Waals surface area contributed by atoms with Crippen LogP contribution in [0.15, 0.2) is 0 Å². The van der Waals surface area contributed by atoms with Crippen molar-refractivity contribution in [3.63, 3.8) is 0 Å². The second kappa shape index (κ2) is 17.8. The fraction of sp³-hybridized carbons (Fsp3) is 1.00. The van der Waals surface area contributed by atoms with Gasteiger partial charge in [-0.2, -0.15) is 30.4 Å². The van der Waals surface area contributed by atoms with Crippen LogP contribution < -0.4 is 0 Å². The predicted molar refractivity (Wildman–Crippen MR) is 69.9 cm³/mol. The van der Waals surface area contributed by atoms with Gasteiger partial charge in [0.2, 0.25) is 0 Å². The van der Waals surface area contributed by atoms with Crippen molar-refractivity contribution in [2.24, 2.45) is 0 Å². The van der Waals surface area contributed by atoms with Gasteiger partial charge in [0.05, 0.1) is 33.6 Å². The lowest BCUT2D eigenvalue weighted by Gasteiger charge is -2.14. The molecule has 0 aromatic carbocycles. The van der Waals surface area contributed by atoms with E-state index in [9.17, 15) is 56.1 Å². The average Bonchev–Trinajstić information content (AvgIpc) is 3.38. The van der Waals surface area contributed by atoms with E-state index in [1.165, 1.54) is 0 Å². The van der Waals surface area contributed by atoms with Gasteiger partial charge in [-0.1, -0.05) is 7.77 Å². The van der Waals surface area contributed by atoms with Crippen molar-refractivity contribution in [2.45, 2.75) is 18.6 Å².